The van der Waals surface area contributed by atoms with E-state index in [9.17, 15) is 8.42 Å². The van der Waals surface area contributed by atoms with E-state index in [1.54, 1.807) is 20.9 Å². The summed E-state index contributed by atoms with van der Waals surface area (Å²) in [5.74, 6) is 0. The zero-order chi connectivity index (χ0) is 14.2. The van der Waals surface area contributed by atoms with Crippen LogP contribution in [0.2, 0.25) is 0 Å². The Morgan fingerprint density at radius 3 is 2.47 bits per heavy atom. The van der Waals surface area contributed by atoms with Gasteiger partial charge in [-0.05, 0) is 26.7 Å². The maximum absolute atomic E-state index is 12.7. The van der Waals surface area contributed by atoms with Crippen molar-refractivity contribution in [2.75, 3.05) is 7.05 Å². The number of likely N-dealkylation sites (N-methyl/N-ethyl adjacent to an activating group) is 1. The van der Waals surface area contributed by atoms with Crippen LogP contribution in [0.1, 0.15) is 37.1 Å². The molecule has 6 nitrogen and oxygen atoms in total. The zero-order valence-corrected chi connectivity index (χ0v) is 12.5. The lowest BCUT2D eigenvalue weighted by molar-refractivity contribution is 0.252. The number of nitrogens with one attached hydrogen (secondary N) is 1. The summed E-state index contributed by atoms with van der Waals surface area (Å²) in [5, 5.41) is 6.69. The first kappa shape index (κ1) is 14.5. The molecule has 2 rings (SSSR count). The maximum atomic E-state index is 12.7. The second-order valence-electron chi connectivity index (χ2n) is 5.30. The van der Waals surface area contributed by atoms with Crippen molar-refractivity contribution in [2.24, 2.45) is 5.73 Å². The molecule has 0 aliphatic heterocycles. The van der Waals surface area contributed by atoms with Crippen molar-refractivity contribution in [3.8, 4) is 0 Å². The molecule has 108 valence electrons. The third-order valence-corrected chi connectivity index (χ3v) is 6.09. The second-order valence-corrected chi connectivity index (χ2v) is 7.23. The first-order chi connectivity index (χ1) is 8.85. The summed E-state index contributed by atoms with van der Waals surface area (Å²) in [6.45, 7) is 3.42. The van der Waals surface area contributed by atoms with E-state index in [0.29, 0.717) is 11.4 Å². The van der Waals surface area contributed by atoms with E-state index < -0.39 is 10.0 Å². The van der Waals surface area contributed by atoms with Crippen LogP contribution in [0.3, 0.4) is 0 Å². The highest BCUT2D eigenvalue weighted by Gasteiger charge is 2.35. The summed E-state index contributed by atoms with van der Waals surface area (Å²) in [6, 6.07) is -0.200. The van der Waals surface area contributed by atoms with Gasteiger partial charge in [0.2, 0.25) is 10.0 Å². The molecule has 19 heavy (non-hydrogen) atoms. The first-order valence-electron chi connectivity index (χ1n) is 6.61. The van der Waals surface area contributed by atoms with Crippen LogP contribution in [0.5, 0.6) is 0 Å². The van der Waals surface area contributed by atoms with E-state index in [0.717, 1.165) is 25.7 Å². The van der Waals surface area contributed by atoms with Crippen molar-refractivity contribution in [1.82, 2.24) is 14.5 Å². The van der Waals surface area contributed by atoms with E-state index >= 15 is 0 Å². The molecule has 0 amide bonds. The molecule has 0 aromatic carbocycles. The molecule has 3 N–H and O–H groups in total. The number of sulfonamides is 1. The van der Waals surface area contributed by atoms with Gasteiger partial charge in [-0.25, -0.2) is 8.42 Å². The molecule has 1 aliphatic rings. The first-order valence-corrected chi connectivity index (χ1v) is 8.05. The minimum Gasteiger partial charge on any atom is -0.326 e. The summed E-state index contributed by atoms with van der Waals surface area (Å²) >= 11 is 0. The van der Waals surface area contributed by atoms with Crippen molar-refractivity contribution in [3.05, 3.63) is 11.4 Å². The van der Waals surface area contributed by atoms with Gasteiger partial charge >= 0.3 is 0 Å². The van der Waals surface area contributed by atoms with Crippen molar-refractivity contribution in [3.63, 3.8) is 0 Å². The predicted octanol–water partition coefficient (Wildman–Crippen LogP) is 0.917. The quantitative estimate of drug-likeness (QED) is 0.864. The predicted molar refractivity (Wildman–Crippen MR) is 73.2 cm³/mol. The Balaban J connectivity index is 2.34. The molecule has 0 bridgehead atoms. The molecule has 1 aromatic heterocycles. The monoisotopic (exact) mass is 286 g/mol. The van der Waals surface area contributed by atoms with E-state index in [1.165, 1.54) is 4.31 Å². The Hall–Kier alpha value is -0.920. The summed E-state index contributed by atoms with van der Waals surface area (Å²) < 4.78 is 26.8. The number of nitrogens with two attached hydrogens (primary N) is 1. The van der Waals surface area contributed by atoms with Gasteiger partial charge < -0.3 is 5.73 Å². The van der Waals surface area contributed by atoms with Gasteiger partial charge in [0.1, 0.15) is 4.90 Å². The molecule has 1 fully saturated rings. The number of rotatable bonds is 3. The van der Waals surface area contributed by atoms with Crippen LogP contribution >= 0.6 is 0 Å². The highest BCUT2D eigenvalue weighted by Crippen LogP contribution is 2.28. The molecule has 1 heterocycles. The van der Waals surface area contributed by atoms with Gasteiger partial charge in [-0.3, -0.25) is 5.10 Å². The SMILES string of the molecule is Cc1n[nH]c(C)c1S(=O)(=O)N(C)C1CCCCC1N. The summed E-state index contributed by atoms with van der Waals surface area (Å²) in [4.78, 5) is 0.285. The summed E-state index contributed by atoms with van der Waals surface area (Å²) in [7, 11) is -1.91. The van der Waals surface area contributed by atoms with Crippen molar-refractivity contribution < 1.29 is 8.42 Å². The van der Waals surface area contributed by atoms with Gasteiger partial charge in [-0.1, -0.05) is 12.8 Å². The number of hydrogen-bond donors (Lipinski definition) is 2. The molecule has 7 heteroatoms. The van der Waals surface area contributed by atoms with Gasteiger partial charge in [0.25, 0.3) is 0 Å². The highest BCUT2D eigenvalue weighted by molar-refractivity contribution is 7.89. The van der Waals surface area contributed by atoms with Crippen LogP contribution in [-0.4, -0.2) is 42.1 Å². The fraction of sp³-hybridized carbons (Fsp3) is 0.750. The number of nitrogens with zero attached hydrogens (tertiary/aromatic N) is 2. The molecule has 1 aromatic rings. The third kappa shape index (κ3) is 2.54. The Morgan fingerprint density at radius 1 is 1.32 bits per heavy atom. The van der Waals surface area contributed by atoms with Crippen LogP contribution in [0, 0.1) is 13.8 Å². The van der Waals surface area contributed by atoms with E-state index in [2.05, 4.69) is 10.2 Å². The Labute approximate surface area is 114 Å². The standard InChI is InChI=1S/C12H22N4O2S/c1-8-12(9(2)15-14-8)19(17,18)16(3)11-7-5-4-6-10(11)13/h10-11H,4-7,13H2,1-3H3,(H,14,15). The smallest absolute Gasteiger partial charge is 0.246 e. The molecule has 0 radical (unpaired) electrons. The molecular formula is C12H22N4O2S. The van der Waals surface area contributed by atoms with E-state index in [-0.39, 0.29) is 17.0 Å². The summed E-state index contributed by atoms with van der Waals surface area (Å²) in [6.07, 6.45) is 3.82. The number of aromatic nitrogens is 2. The van der Waals surface area contributed by atoms with Gasteiger partial charge in [0.15, 0.2) is 0 Å². The number of H-pyrrole nitrogens is 1. The largest absolute Gasteiger partial charge is 0.326 e. The zero-order valence-electron chi connectivity index (χ0n) is 11.7. The van der Waals surface area contributed by atoms with Crippen molar-refractivity contribution >= 4 is 10.0 Å². The number of aryl methyl sites for hydroxylation is 2. The van der Waals surface area contributed by atoms with E-state index in [4.69, 9.17) is 5.73 Å². The molecule has 0 saturated heterocycles. The van der Waals surface area contributed by atoms with Gasteiger partial charge in [-0.15, -0.1) is 0 Å². The van der Waals surface area contributed by atoms with Crippen LogP contribution in [0.4, 0.5) is 0 Å². The van der Waals surface area contributed by atoms with E-state index in [1.807, 2.05) is 0 Å². The third-order valence-electron chi connectivity index (χ3n) is 3.95. The molecule has 2 atom stereocenters. The molecule has 1 aliphatic carbocycles. The Bertz CT molecular complexity index is 533. The van der Waals surface area contributed by atoms with Crippen LogP contribution < -0.4 is 5.73 Å². The lowest BCUT2D eigenvalue weighted by Crippen LogP contribution is -2.50. The minimum atomic E-state index is -3.53. The average molecular weight is 286 g/mol. The second kappa shape index (κ2) is 5.22. The maximum Gasteiger partial charge on any atom is 0.246 e. The Morgan fingerprint density at radius 2 is 1.95 bits per heavy atom. The average Bonchev–Trinajstić information content (AvgIpc) is 2.69. The number of hydrogen-bond acceptors (Lipinski definition) is 4. The van der Waals surface area contributed by atoms with Crippen LogP contribution in [-0.2, 0) is 10.0 Å². The normalized spacial score (nSPS) is 24.9. The lowest BCUT2D eigenvalue weighted by atomic mass is 9.91. The van der Waals surface area contributed by atoms with Crippen LogP contribution in [0.15, 0.2) is 4.90 Å². The highest BCUT2D eigenvalue weighted by atomic mass is 32.2. The fourth-order valence-electron chi connectivity index (χ4n) is 2.83. The molecule has 1 saturated carbocycles. The van der Waals surface area contributed by atoms with Gasteiger partial charge in [0, 0.05) is 19.1 Å². The van der Waals surface area contributed by atoms with Crippen molar-refractivity contribution in [1.29, 1.82) is 0 Å². The summed E-state index contributed by atoms with van der Waals surface area (Å²) in [5.41, 5.74) is 7.16. The topological polar surface area (TPSA) is 92.1 Å². The fourth-order valence-corrected chi connectivity index (χ4v) is 4.59. The molecule has 2 unspecified atom stereocenters. The van der Waals surface area contributed by atoms with Gasteiger partial charge in [-0.2, -0.15) is 9.40 Å². The molecule has 0 spiro atoms. The minimum absolute atomic E-state index is 0.0824. The van der Waals surface area contributed by atoms with Crippen LogP contribution in [0.25, 0.3) is 0 Å². The van der Waals surface area contributed by atoms with Crippen molar-refractivity contribution in [2.45, 2.75) is 56.5 Å². The lowest BCUT2D eigenvalue weighted by Gasteiger charge is -2.35. The van der Waals surface area contributed by atoms with Gasteiger partial charge in [0.05, 0.1) is 11.4 Å². The Kier molecular flexibility index (Phi) is 3.98. The molecular weight excluding hydrogens is 264 g/mol. The number of aromatic amines is 1.